The van der Waals surface area contributed by atoms with Crippen LogP contribution in [0.15, 0.2) is 24.7 Å². The van der Waals surface area contributed by atoms with E-state index in [-0.39, 0.29) is 5.91 Å². The fourth-order valence-corrected chi connectivity index (χ4v) is 3.15. The Labute approximate surface area is 139 Å². The predicted octanol–water partition coefficient (Wildman–Crippen LogP) is 1.03. The van der Waals surface area contributed by atoms with E-state index in [2.05, 4.69) is 25.1 Å². The van der Waals surface area contributed by atoms with E-state index in [1.54, 1.807) is 0 Å². The minimum atomic E-state index is 0.0304. The van der Waals surface area contributed by atoms with Crippen molar-refractivity contribution >= 4 is 17.5 Å². The molecule has 1 aliphatic rings. The third kappa shape index (κ3) is 2.40. The summed E-state index contributed by atoms with van der Waals surface area (Å²) in [6, 6.07) is 3.95. The normalized spacial score (nSPS) is 15.2. The number of piperazine rings is 1. The molecule has 24 heavy (non-hydrogen) atoms. The number of pyridine rings is 1. The van der Waals surface area contributed by atoms with Crippen molar-refractivity contribution in [2.24, 2.45) is 0 Å². The van der Waals surface area contributed by atoms with E-state index >= 15 is 0 Å². The van der Waals surface area contributed by atoms with Gasteiger partial charge in [0.05, 0.1) is 5.69 Å². The standard InChI is InChI=1S/C16H19N7O/c1-11-3-4-13-19-12(2)14(23(13)9-11)15(24)21-5-7-22(8-6-21)16-17-10-18-20-16/h3-4,9-10H,5-8H2,1-2H3,(H,17,18,20). The van der Waals surface area contributed by atoms with Gasteiger partial charge in [-0.3, -0.25) is 9.20 Å². The second kappa shape index (κ2) is 5.63. The summed E-state index contributed by atoms with van der Waals surface area (Å²) in [5, 5.41) is 6.74. The smallest absolute Gasteiger partial charge is 0.272 e. The molecule has 1 amide bonds. The number of aromatic amines is 1. The lowest BCUT2D eigenvalue weighted by Gasteiger charge is -2.34. The fraction of sp³-hybridized carbons (Fsp3) is 0.375. The number of aromatic nitrogens is 5. The average molecular weight is 325 g/mol. The Morgan fingerprint density at radius 2 is 1.96 bits per heavy atom. The van der Waals surface area contributed by atoms with Gasteiger partial charge in [0.2, 0.25) is 5.95 Å². The highest BCUT2D eigenvalue weighted by Gasteiger charge is 2.26. The summed E-state index contributed by atoms with van der Waals surface area (Å²) >= 11 is 0. The number of rotatable bonds is 2. The summed E-state index contributed by atoms with van der Waals surface area (Å²) in [4.78, 5) is 25.7. The van der Waals surface area contributed by atoms with Gasteiger partial charge in [0.15, 0.2) is 0 Å². The number of H-pyrrole nitrogens is 1. The molecule has 4 heterocycles. The number of anilines is 1. The van der Waals surface area contributed by atoms with Crippen LogP contribution in [-0.2, 0) is 0 Å². The van der Waals surface area contributed by atoms with Crippen LogP contribution >= 0.6 is 0 Å². The highest BCUT2D eigenvalue weighted by Crippen LogP contribution is 2.17. The maximum absolute atomic E-state index is 13.0. The Morgan fingerprint density at radius 3 is 2.67 bits per heavy atom. The molecular weight excluding hydrogens is 306 g/mol. The van der Waals surface area contributed by atoms with Gasteiger partial charge in [-0.15, -0.1) is 0 Å². The van der Waals surface area contributed by atoms with Gasteiger partial charge in [-0.1, -0.05) is 6.07 Å². The summed E-state index contributed by atoms with van der Waals surface area (Å²) in [6.07, 6.45) is 3.46. The van der Waals surface area contributed by atoms with E-state index in [4.69, 9.17) is 0 Å². The highest BCUT2D eigenvalue weighted by atomic mass is 16.2. The zero-order valence-electron chi connectivity index (χ0n) is 13.7. The number of nitrogens with one attached hydrogen (secondary N) is 1. The first-order chi connectivity index (χ1) is 11.6. The summed E-state index contributed by atoms with van der Waals surface area (Å²) in [6.45, 7) is 6.67. The van der Waals surface area contributed by atoms with Gasteiger partial charge in [-0.05, 0) is 25.5 Å². The molecule has 1 fully saturated rings. The molecule has 1 aliphatic heterocycles. The van der Waals surface area contributed by atoms with Crippen LogP contribution in [0.25, 0.3) is 5.65 Å². The van der Waals surface area contributed by atoms with E-state index < -0.39 is 0 Å². The molecule has 4 rings (SSSR count). The van der Waals surface area contributed by atoms with E-state index in [1.165, 1.54) is 6.33 Å². The van der Waals surface area contributed by atoms with Gasteiger partial charge < -0.3 is 9.80 Å². The first kappa shape index (κ1) is 14.7. The number of imidazole rings is 1. The van der Waals surface area contributed by atoms with Crippen LogP contribution < -0.4 is 4.90 Å². The van der Waals surface area contributed by atoms with Gasteiger partial charge in [-0.2, -0.15) is 10.1 Å². The summed E-state index contributed by atoms with van der Waals surface area (Å²) in [5.41, 5.74) is 3.33. The zero-order valence-corrected chi connectivity index (χ0v) is 13.7. The molecule has 0 aliphatic carbocycles. The van der Waals surface area contributed by atoms with E-state index in [1.807, 2.05) is 41.5 Å². The largest absolute Gasteiger partial charge is 0.338 e. The van der Waals surface area contributed by atoms with Crippen LogP contribution in [0, 0.1) is 13.8 Å². The van der Waals surface area contributed by atoms with Gasteiger partial charge >= 0.3 is 0 Å². The summed E-state index contributed by atoms with van der Waals surface area (Å²) in [7, 11) is 0. The number of hydrogen-bond donors (Lipinski definition) is 1. The Hall–Kier alpha value is -2.90. The third-order valence-corrected chi connectivity index (χ3v) is 4.41. The molecule has 0 aromatic carbocycles. The highest BCUT2D eigenvalue weighted by molar-refractivity contribution is 5.94. The maximum atomic E-state index is 13.0. The summed E-state index contributed by atoms with van der Waals surface area (Å²) < 4.78 is 1.90. The Morgan fingerprint density at radius 1 is 1.17 bits per heavy atom. The van der Waals surface area contributed by atoms with E-state index in [9.17, 15) is 4.79 Å². The number of carbonyl (C=O) groups excluding carboxylic acids is 1. The van der Waals surface area contributed by atoms with Crippen LogP contribution in [0.2, 0.25) is 0 Å². The molecule has 3 aromatic rings. The van der Waals surface area contributed by atoms with Crippen LogP contribution in [0.4, 0.5) is 5.95 Å². The molecule has 1 saturated heterocycles. The molecule has 124 valence electrons. The van der Waals surface area contributed by atoms with Crippen molar-refractivity contribution in [2.75, 3.05) is 31.1 Å². The number of aryl methyl sites for hydroxylation is 2. The van der Waals surface area contributed by atoms with Crippen LogP contribution in [0.3, 0.4) is 0 Å². The van der Waals surface area contributed by atoms with E-state index in [0.29, 0.717) is 18.8 Å². The van der Waals surface area contributed by atoms with Crippen LogP contribution in [0.1, 0.15) is 21.7 Å². The molecule has 0 unspecified atom stereocenters. The molecule has 0 atom stereocenters. The lowest BCUT2D eigenvalue weighted by Crippen LogP contribution is -2.49. The second-order valence-electron chi connectivity index (χ2n) is 6.07. The Balaban J connectivity index is 1.57. The molecule has 3 aromatic heterocycles. The Kier molecular flexibility index (Phi) is 3.44. The number of amides is 1. The number of carbonyl (C=O) groups is 1. The SMILES string of the molecule is Cc1ccc2nc(C)c(C(=O)N3CCN(c4ncn[nH]4)CC3)n2c1. The van der Waals surface area contributed by atoms with Crippen molar-refractivity contribution in [3.8, 4) is 0 Å². The molecular formula is C16H19N7O. The second-order valence-corrected chi connectivity index (χ2v) is 6.07. The predicted molar refractivity (Wildman–Crippen MR) is 89.2 cm³/mol. The number of nitrogens with zero attached hydrogens (tertiary/aromatic N) is 6. The van der Waals surface area contributed by atoms with Crippen molar-refractivity contribution in [1.29, 1.82) is 0 Å². The molecule has 0 bridgehead atoms. The van der Waals surface area contributed by atoms with Crippen molar-refractivity contribution in [3.05, 3.63) is 41.6 Å². The minimum absolute atomic E-state index is 0.0304. The number of fused-ring (bicyclic) bond motifs is 1. The lowest BCUT2D eigenvalue weighted by atomic mass is 10.2. The van der Waals surface area contributed by atoms with Crippen LogP contribution in [0.5, 0.6) is 0 Å². The first-order valence-corrected chi connectivity index (χ1v) is 7.98. The van der Waals surface area contributed by atoms with Gasteiger partial charge in [0.1, 0.15) is 17.7 Å². The number of hydrogen-bond acceptors (Lipinski definition) is 5. The van der Waals surface area contributed by atoms with Crippen molar-refractivity contribution in [2.45, 2.75) is 13.8 Å². The molecule has 0 radical (unpaired) electrons. The average Bonchev–Trinajstić information content (AvgIpc) is 3.21. The quantitative estimate of drug-likeness (QED) is 0.761. The van der Waals surface area contributed by atoms with Crippen LogP contribution in [-0.4, -0.2) is 61.6 Å². The lowest BCUT2D eigenvalue weighted by molar-refractivity contribution is 0.0738. The van der Waals surface area contributed by atoms with Gasteiger partial charge in [-0.25, -0.2) is 10.1 Å². The monoisotopic (exact) mass is 325 g/mol. The van der Waals surface area contributed by atoms with Crippen molar-refractivity contribution < 1.29 is 4.79 Å². The van der Waals surface area contributed by atoms with E-state index in [0.717, 1.165) is 35.9 Å². The van der Waals surface area contributed by atoms with Gasteiger partial charge in [0.25, 0.3) is 5.91 Å². The zero-order chi connectivity index (χ0) is 16.7. The molecule has 0 spiro atoms. The molecule has 0 saturated carbocycles. The molecule has 1 N–H and O–H groups in total. The van der Waals surface area contributed by atoms with Gasteiger partial charge in [0, 0.05) is 32.4 Å². The third-order valence-electron chi connectivity index (χ3n) is 4.41. The minimum Gasteiger partial charge on any atom is -0.338 e. The topological polar surface area (TPSA) is 82.4 Å². The fourth-order valence-electron chi connectivity index (χ4n) is 3.15. The van der Waals surface area contributed by atoms with Crippen molar-refractivity contribution in [3.63, 3.8) is 0 Å². The Bertz CT molecular complexity index is 875. The van der Waals surface area contributed by atoms with Crippen molar-refractivity contribution in [1.82, 2.24) is 29.5 Å². The maximum Gasteiger partial charge on any atom is 0.272 e. The first-order valence-electron chi connectivity index (χ1n) is 7.98. The molecule has 8 nitrogen and oxygen atoms in total. The summed E-state index contributed by atoms with van der Waals surface area (Å²) in [5.74, 6) is 0.784. The molecule has 8 heteroatoms.